The molecule has 10 nitrogen and oxygen atoms in total. The second-order valence-electron chi connectivity index (χ2n) is 9.54. The van der Waals surface area contributed by atoms with E-state index in [4.69, 9.17) is 16.6 Å². The first-order valence-corrected chi connectivity index (χ1v) is 13.2. The molecular formula is C30H26N4O6S. The second-order valence-corrected chi connectivity index (χ2v) is 9.93. The molecule has 2 aromatic heterocycles. The normalized spacial score (nSPS) is 16.3. The number of rotatable bonds is 9. The van der Waals surface area contributed by atoms with E-state index in [2.05, 4.69) is 15.6 Å². The second kappa shape index (κ2) is 11.6. The first kappa shape index (κ1) is 27.5. The molecule has 208 valence electrons. The van der Waals surface area contributed by atoms with Gasteiger partial charge in [-0.25, -0.2) is 9.59 Å². The third-order valence-corrected chi connectivity index (χ3v) is 7.18. The standard InChI is InChI=1S/C30H26N4O6S/c1-17-6-2-3-7-21(17)32-25(35)11-13-34-27(26(33-30(34)41)22-8-4-5-12-31-22)24-10-9-23(40-24)18-14-19(28(36)37)16-20(15-18)29(38)39/h2-10,12,14-16,26-27H,11,13H2,1H3,(H,32,35)(H,33,41)(H,36,37)(H,38,39)/t26-,27-/m0/s1. The summed E-state index contributed by atoms with van der Waals surface area (Å²) in [6, 6.07) is 19.4. The van der Waals surface area contributed by atoms with Crippen LogP contribution in [0.2, 0.25) is 0 Å². The topological polar surface area (TPSA) is 145 Å². The molecule has 0 unspecified atom stereocenters. The Hall–Kier alpha value is -5.03. The minimum Gasteiger partial charge on any atom is -0.478 e. The molecule has 4 aromatic rings. The first-order valence-electron chi connectivity index (χ1n) is 12.8. The molecule has 1 amide bonds. The number of carboxylic acids is 2. The molecule has 2 atom stereocenters. The van der Waals surface area contributed by atoms with Gasteiger partial charge in [-0.15, -0.1) is 0 Å². The van der Waals surface area contributed by atoms with Gasteiger partial charge in [0.1, 0.15) is 17.6 Å². The Morgan fingerprint density at radius 1 is 1.00 bits per heavy atom. The number of thiocarbonyl (C=S) groups is 1. The number of carboxylic acid groups (broad SMARTS) is 2. The van der Waals surface area contributed by atoms with Crippen molar-refractivity contribution < 1.29 is 29.0 Å². The molecule has 11 heteroatoms. The zero-order valence-corrected chi connectivity index (χ0v) is 22.7. The minimum absolute atomic E-state index is 0.151. The molecule has 5 rings (SSSR count). The highest BCUT2D eigenvalue weighted by molar-refractivity contribution is 7.80. The monoisotopic (exact) mass is 570 g/mol. The molecule has 0 spiro atoms. The van der Waals surface area contributed by atoms with Gasteiger partial charge in [-0.1, -0.05) is 24.3 Å². The molecule has 3 heterocycles. The zero-order chi connectivity index (χ0) is 29.1. The van der Waals surface area contributed by atoms with Crippen LogP contribution in [0.15, 0.2) is 83.4 Å². The number of para-hydroxylation sites is 1. The first-order chi connectivity index (χ1) is 19.7. The number of aryl methyl sites for hydroxylation is 1. The van der Waals surface area contributed by atoms with Gasteiger partial charge in [0.25, 0.3) is 0 Å². The number of aromatic carboxylic acids is 2. The summed E-state index contributed by atoms with van der Waals surface area (Å²) in [5.74, 6) is -1.90. The number of anilines is 1. The maximum Gasteiger partial charge on any atom is 0.335 e. The largest absolute Gasteiger partial charge is 0.478 e. The van der Waals surface area contributed by atoms with Crippen LogP contribution in [0.5, 0.6) is 0 Å². The average molecular weight is 571 g/mol. The summed E-state index contributed by atoms with van der Waals surface area (Å²) in [4.78, 5) is 42.5. The van der Waals surface area contributed by atoms with Crippen molar-refractivity contribution in [3.63, 3.8) is 0 Å². The van der Waals surface area contributed by atoms with Crippen molar-refractivity contribution >= 4 is 40.9 Å². The summed E-state index contributed by atoms with van der Waals surface area (Å²) in [6.45, 7) is 2.20. The Labute approximate surface area is 240 Å². The van der Waals surface area contributed by atoms with E-state index >= 15 is 0 Å². The SMILES string of the molecule is Cc1ccccc1NC(=O)CCN1C(=S)N[C@@H](c2ccccn2)[C@@H]1c1ccc(-c2cc(C(=O)O)cc(C(=O)O)c2)o1. The van der Waals surface area contributed by atoms with E-state index in [0.717, 1.165) is 17.3 Å². The maximum absolute atomic E-state index is 12.9. The number of furan rings is 1. The summed E-state index contributed by atoms with van der Waals surface area (Å²) < 4.78 is 6.22. The van der Waals surface area contributed by atoms with Crippen LogP contribution in [0.4, 0.5) is 5.69 Å². The molecule has 2 aromatic carbocycles. The van der Waals surface area contributed by atoms with Crippen LogP contribution in [0.25, 0.3) is 11.3 Å². The van der Waals surface area contributed by atoms with Crippen LogP contribution >= 0.6 is 12.2 Å². The van der Waals surface area contributed by atoms with Gasteiger partial charge in [-0.3, -0.25) is 9.78 Å². The van der Waals surface area contributed by atoms with E-state index in [-0.39, 0.29) is 30.0 Å². The van der Waals surface area contributed by atoms with Crippen molar-refractivity contribution in [3.05, 3.63) is 107 Å². The molecular weight excluding hydrogens is 544 g/mol. The van der Waals surface area contributed by atoms with Gasteiger partial charge in [0.15, 0.2) is 5.11 Å². The van der Waals surface area contributed by atoms with E-state index < -0.39 is 24.0 Å². The molecule has 1 aliphatic heterocycles. The minimum atomic E-state index is -1.25. The molecule has 0 aliphatic carbocycles. The molecule has 0 bridgehead atoms. The van der Waals surface area contributed by atoms with E-state index in [1.807, 2.05) is 48.2 Å². The van der Waals surface area contributed by atoms with Crippen molar-refractivity contribution in [2.24, 2.45) is 0 Å². The quantitative estimate of drug-likeness (QED) is 0.202. The van der Waals surface area contributed by atoms with E-state index in [1.54, 1.807) is 24.4 Å². The summed E-state index contributed by atoms with van der Waals surface area (Å²) in [5.41, 5.74) is 2.37. The molecule has 41 heavy (non-hydrogen) atoms. The summed E-state index contributed by atoms with van der Waals surface area (Å²) in [7, 11) is 0. The van der Waals surface area contributed by atoms with Crippen molar-refractivity contribution in [1.29, 1.82) is 0 Å². The van der Waals surface area contributed by atoms with Crippen molar-refractivity contribution in [2.75, 3.05) is 11.9 Å². The van der Waals surface area contributed by atoms with Gasteiger partial charge in [-0.2, -0.15) is 0 Å². The molecule has 0 radical (unpaired) electrons. The van der Waals surface area contributed by atoms with Gasteiger partial charge in [0.05, 0.1) is 22.9 Å². The van der Waals surface area contributed by atoms with Gasteiger partial charge in [-0.05, 0) is 73.2 Å². The molecule has 1 saturated heterocycles. The maximum atomic E-state index is 12.9. The Kier molecular flexibility index (Phi) is 7.79. The van der Waals surface area contributed by atoms with Gasteiger partial charge in [0.2, 0.25) is 5.91 Å². The fourth-order valence-electron chi connectivity index (χ4n) is 4.79. The number of carbonyl (C=O) groups excluding carboxylic acids is 1. The smallest absolute Gasteiger partial charge is 0.335 e. The number of nitrogens with zero attached hydrogens (tertiary/aromatic N) is 2. The van der Waals surface area contributed by atoms with Crippen molar-refractivity contribution in [2.45, 2.75) is 25.4 Å². The van der Waals surface area contributed by atoms with Crippen LogP contribution in [0, 0.1) is 6.92 Å². The highest BCUT2D eigenvalue weighted by atomic mass is 32.1. The van der Waals surface area contributed by atoms with Gasteiger partial charge >= 0.3 is 11.9 Å². The predicted molar refractivity (Wildman–Crippen MR) is 155 cm³/mol. The van der Waals surface area contributed by atoms with Gasteiger partial charge < -0.3 is 30.2 Å². The Balaban J connectivity index is 1.45. The number of hydrogen-bond donors (Lipinski definition) is 4. The predicted octanol–water partition coefficient (Wildman–Crippen LogP) is 5.05. The fraction of sp³-hybridized carbons (Fsp3) is 0.167. The van der Waals surface area contributed by atoms with E-state index in [9.17, 15) is 24.6 Å². The lowest BCUT2D eigenvalue weighted by atomic mass is 10.0. The summed E-state index contributed by atoms with van der Waals surface area (Å²) in [5, 5.41) is 25.6. The van der Waals surface area contributed by atoms with Gasteiger partial charge in [0, 0.05) is 30.4 Å². The zero-order valence-electron chi connectivity index (χ0n) is 21.9. The highest BCUT2D eigenvalue weighted by Gasteiger charge is 2.41. The number of nitrogens with one attached hydrogen (secondary N) is 2. The lowest BCUT2D eigenvalue weighted by molar-refractivity contribution is -0.116. The molecule has 4 N–H and O–H groups in total. The van der Waals surface area contributed by atoms with E-state index in [1.165, 1.54) is 12.1 Å². The van der Waals surface area contributed by atoms with Crippen LogP contribution < -0.4 is 10.6 Å². The van der Waals surface area contributed by atoms with Crippen LogP contribution in [0.1, 0.15) is 56.2 Å². The van der Waals surface area contributed by atoms with Crippen LogP contribution in [-0.2, 0) is 4.79 Å². The number of pyridine rings is 1. The Bertz CT molecular complexity index is 1600. The number of amides is 1. The van der Waals surface area contributed by atoms with E-state index in [0.29, 0.717) is 27.9 Å². The fourth-order valence-corrected chi connectivity index (χ4v) is 5.12. The van der Waals surface area contributed by atoms with Crippen LogP contribution in [0.3, 0.4) is 0 Å². The third kappa shape index (κ3) is 5.94. The van der Waals surface area contributed by atoms with Crippen molar-refractivity contribution in [3.8, 4) is 11.3 Å². The molecule has 1 aliphatic rings. The summed E-state index contributed by atoms with van der Waals surface area (Å²) >= 11 is 5.67. The Morgan fingerprint density at radius 2 is 1.71 bits per heavy atom. The lowest BCUT2D eigenvalue weighted by Gasteiger charge is -2.26. The Morgan fingerprint density at radius 3 is 2.37 bits per heavy atom. The highest BCUT2D eigenvalue weighted by Crippen LogP contribution is 2.40. The number of hydrogen-bond acceptors (Lipinski definition) is 6. The van der Waals surface area contributed by atoms with Crippen molar-refractivity contribution in [1.82, 2.24) is 15.2 Å². The number of carbonyl (C=O) groups is 3. The lowest BCUT2D eigenvalue weighted by Crippen LogP contribution is -2.32. The number of aromatic nitrogens is 1. The summed E-state index contributed by atoms with van der Waals surface area (Å²) in [6.07, 6.45) is 1.83. The molecule has 0 saturated carbocycles. The van der Waals surface area contributed by atoms with Crippen LogP contribution in [-0.4, -0.2) is 49.6 Å². The third-order valence-electron chi connectivity index (χ3n) is 6.83. The molecule has 1 fully saturated rings. The number of benzene rings is 2. The average Bonchev–Trinajstić information content (AvgIpc) is 3.58.